The number of halogens is 4. The van der Waals surface area contributed by atoms with E-state index in [0.717, 1.165) is 31.0 Å². The fourth-order valence-electron chi connectivity index (χ4n) is 2.05. The Hall–Kier alpha value is -1.14. The van der Waals surface area contributed by atoms with Crippen LogP contribution in [0, 0.1) is 11.7 Å². The summed E-state index contributed by atoms with van der Waals surface area (Å²) >= 11 is 0. The normalized spacial score (nSPS) is 13.8. The molecule has 0 aliphatic carbocycles. The van der Waals surface area contributed by atoms with Gasteiger partial charge in [0.2, 0.25) is 0 Å². The van der Waals surface area contributed by atoms with Crippen molar-refractivity contribution in [1.82, 2.24) is 5.43 Å². The van der Waals surface area contributed by atoms with Crippen LogP contribution >= 0.6 is 0 Å². The van der Waals surface area contributed by atoms with Crippen LogP contribution in [-0.4, -0.2) is 0 Å². The first-order chi connectivity index (χ1) is 9.25. The van der Waals surface area contributed by atoms with Gasteiger partial charge in [0.25, 0.3) is 0 Å². The highest BCUT2D eigenvalue weighted by atomic mass is 19.4. The smallest absolute Gasteiger partial charge is 0.271 e. The second kappa shape index (κ2) is 7.04. The topological polar surface area (TPSA) is 38.0 Å². The van der Waals surface area contributed by atoms with Gasteiger partial charge in [-0.25, -0.2) is 4.39 Å². The highest BCUT2D eigenvalue weighted by Gasteiger charge is 2.31. The highest BCUT2D eigenvalue weighted by Crippen LogP contribution is 2.32. The molecular formula is C14H20F4N2. The van der Waals surface area contributed by atoms with Crippen molar-refractivity contribution in [2.24, 2.45) is 11.8 Å². The van der Waals surface area contributed by atoms with E-state index in [9.17, 15) is 17.6 Å². The predicted octanol–water partition coefficient (Wildman–Crippen LogP) is 4.18. The number of hydrogen-bond donors (Lipinski definition) is 2. The quantitative estimate of drug-likeness (QED) is 0.469. The van der Waals surface area contributed by atoms with E-state index in [1.165, 1.54) is 0 Å². The molecule has 3 N–H and O–H groups in total. The van der Waals surface area contributed by atoms with Gasteiger partial charge in [0.05, 0.1) is 5.56 Å². The average Bonchev–Trinajstić information content (AvgIpc) is 2.34. The van der Waals surface area contributed by atoms with Gasteiger partial charge in [0.1, 0.15) is 5.82 Å². The van der Waals surface area contributed by atoms with E-state index in [1.54, 1.807) is 0 Å². The van der Waals surface area contributed by atoms with Crippen LogP contribution < -0.4 is 11.3 Å². The lowest BCUT2D eigenvalue weighted by atomic mass is 9.96. The first kappa shape index (κ1) is 16.9. The summed E-state index contributed by atoms with van der Waals surface area (Å²) in [4.78, 5) is 0. The second-order valence-electron chi connectivity index (χ2n) is 5.28. The summed E-state index contributed by atoms with van der Waals surface area (Å²) in [7, 11) is 0. The van der Waals surface area contributed by atoms with Crippen LogP contribution in [0.25, 0.3) is 0 Å². The van der Waals surface area contributed by atoms with Crippen LogP contribution in [0.15, 0.2) is 18.2 Å². The van der Waals surface area contributed by atoms with Gasteiger partial charge in [-0.05, 0) is 30.5 Å². The third-order valence-corrected chi connectivity index (χ3v) is 3.17. The molecule has 20 heavy (non-hydrogen) atoms. The van der Waals surface area contributed by atoms with Gasteiger partial charge in [-0.15, -0.1) is 0 Å². The SMILES string of the molecule is CC(C)CCCC(NN)c1cc(C(F)(F)F)ccc1F. The zero-order valence-corrected chi connectivity index (χ0v) is 11.6. The minimum Gasteiger partial charge on any atom is -0.271 e. The van der Waals surface area contributed by atoms with Crippen molar-refractivity contribution >= 4 is 0 Å². The molecule has 1 atom stereocenters. The first-order valence-electron chi connectivity index (χ1n) is 6.58. The summed E-state index contributed by atoms with van der Waals surface area (Å²) in [6.07, 6.45) is -2.31. The standard InChI is InChI=1S/C14H20F4N2/c1-9(2)4-3-5-13(20-19)11-8-10(14(16,17)18)6-7-12(11)15/h6-9,13,20H,3-5,19H2,1-2H3. The van der Waals surface area contributed by atoms with Gasteiger partial charge in [-0.2, -0.15) is 13.2 Å². The van der Waals surface area contributed by atoms with E-state index in [0.29, 0.717) is 12.3 Å². The van der Waals surface area contributed by atoms with Crippen molar-refractivity contribution in [3.63, 3.8) is 0 Å². The minimum absolute atomic E-state index is 0.0360. The van der Waals surface area contributed by atoms with Crippen molar-refractivity contribution < 1.29 is 17.6 Å². The van der Waals surface area contributed by atoms with Gasteiger partial charge in [-0.3, -0.25) is 11.3 Å². The fourth-order valence-corrected chi connectivity index (χ4v) is 2.05. The molecule has 0 aliphatic rings. The maximum Gasteiger partial charge on any atom is 0.416 e. The summed E-state index contributed by atoms with van der Waals surface area (Å²) in [6, 6.07) is 1.79. The molecule has 0 bridgehead atoms. The Morgan fingerprint density at radius 2 is 1.85 bits per heavy atom. The Labute approximate surface area is 116 Å². The number of rotatable bonds is 6. The van der Waals surface area contributed by atoms with E-state index in [2.05, 4.69) is 19.3 Å². The molecule has 0 radical (unpaired) electrons. The summed E-state index contributed by atoms with van der Waals surface area (Å²) in [5.74, 6) is 5.16. The average molecular weight is 292 g/mol. The van der Waals surface area contributed by atoms with Crippen molar-refractivity contribution in [3.8, 4) is 0 Å². The Balaban J connectivity index is 2.91. The third kappa shape index (κ3) is 4.76. The summed E-state index contributed by atoms with van der Waals surface area (Å²) < 4.78 is 51.7. The van der Waals surface area contributed by atoms with Crippen LogP contribution in [0.5, 0.6) is 0 Å². The number of nitrogens with two attached hydrogens (primary N) is 1. The van der Waals surface area contributed by atoms with Crippen LogP contribution in [0.4, 0.5) is 17.6 Å². The van der Waals surface area contributed by atoms with Crippen molar-refractivity contribution in [2.75, 3.05) is 0 Å². The largest absolute Gasteiger partial charge is 0.416 e. The molecule has 0 spiro atoms. The Morgan fingerprint density at radius 3 is 2.35 bits per heavy atom. The molecule has 0 saturated heterocycles. The third-order valence-electron chi connectivity index (χ3n) is 3.17. The molecule has 1 aromatic carbocycles. The summed E-state index contributed by atoms with van der Waals surface area (Å²) in [6.45, 7) is 4.10. The van der Waals surface area contributed by atoms with Crippen LogP contribution in [0.2, 0.25) is 0 Å². The Bertz CT molecular complexity index is 430. The summed E-state index contributed by atoms with van der Waals surface area (Å²) in [5.41, 5.74) is 1.51. The summed E-state index contributed by atoms with van der Waals surface area (Å²) in [5, 5.41) is 0. The first-order valence-corrected chi connectivity index (χ1v) is 6.58. The molecule has 0 aliphatic heterocycles. The maximum atomic E-state index is 13.7. The molecule has 1 unspecified atom stereocenters. The minimum atomic E-state index is -4.49. The monoisotopic (exact) mass is 292 g/mol. The molecule has 0 amide bonds. The van der Waals surface area contributed by atoms with Crippen LogP contribution in [0.3, 0.4) is 0 Å². The number of hydrogen-bond acceptors (Lipinski definition) is 2. The number of benzene rings is 1. The second-order valence-corrected chi connectivity index (χ2v) is 5.28. The van der Waals surface area contributed by atoms with E-state index in [1.807, 2.05) is 0 Å². The van der Waals surface area contributed by atoms with E-state index < -0.39 is 23.6 Å². The molecule has 2 nitrogen and oxygen atoms in total. The Kier molecular flexibility index (Phi) is 5.95. The number of alkyl halides is 3. The molecule has 6 heteroatoms. The van der Waals surface area contributed by atoms with Crippen molar-refractivity contribution in [1.29, 1.82) is 0 Å². The van der Waals surface area contributed by atoms with Crippen LogP contribution in [0.1, 0.15) is 50.3 Å². The molecular weight excluding hydrogens is 272 g/mol. The molecule has 0 heterocycles. The molecule has 0 aromatic heterocycles. The van der Waals surface area contributed by atoms with Gasteiger partial charge in [0.15, 0.2) is 0 Å². The predicted molar refractivity (Wildman–Crippen MR) is 70.2 cm³/mol. The van der Waals surface area contributed by atoms with Gasteiger partial charge in [-0.1, -0.05) is 26.7 Å². The lowest BCUT2D eigenvalue weighted by Crippen LogP contribution is -2.29. The molecule has 0 saturated carbocycles. The molecule has 114 valence electrons. The van der Waals surface area contributed by atoms with Gasteiger partial charge < -0.3 is 0 Å². The van der Waals surface area contributed by atoms with E-state index in [-0.39, 0.29) is 5.56 Å². The Morgan fingerprint density at radius 1 is 1.20 bits per heavy atom. The van der Waals surface area contributed by atoms with Crippen molar-refractivity contribution in [3.05, 3.63) is 35.1 Å². The van der Waals surface area contributed by atoms with Crippen molar-refractivity contribution in [2.45, 2.75) is 45.3 Å². The highest BCUT2D eigenvalue weighted by molar-refractivity contribution is 5.29. The number of hydrazine groups is 1. The molecule has 1 rings (SSSR count). The lowest BCUT2D eigenvalue weighted by Gasteiger charge is -2.19. The molecule has 1 aromatic rings. The van der Waals surface area contributed by atoms with Crippen LogP contribution in [-0.2, 0) is 6.18 Å². The molecule has 0 fully saturated rings. The lowest BCUT2D eigenvalue weighted by molar-refractivity contribution is -0.137. The zero-order valence-electron chi connectivity index (χ0n) is 11.6. The van der Waals surface area contributed by atoms with Gasteiger partial charge in [0, 0.05) is 11.6 Å². The van der Waals surface area contributed by atoms with Gasteiger partial charge >= 0.3 is 6.18 Å². The maximum absolute atomic E-state index is 13.7. The van der Waals surface area contributed by atoms with E-state index in [4.69, 9.17) is 5.84 Å². The number of nitrogens with one attached hydrogen (secondary N) is 1. The zero-order chi connectivity index (χ0) is 15.3. The fraction of sp³-hybridized carbons (Fsp3) is 0.571. The van der Waals surface area contributed by atoms with E-state index >= 15 is 0 Å².